The Balaban J connectivity index is 3.18. The number of carboxylic acid groups (broad SMARTS) is 1. The molecule has 0 radical (unpaired) electrons. The average Bonchev–Trinajstić information content (AvgIpc) is 1.61. The van der Waals surface area contributed by atoms with Crippen molar-refractivity contribution in [2.24, 2.45) is 5.73 Å². The third kappa shape index (κ3) is 4.54. The highest BCUT2D eigenvalue weighted by atomic mass is 16.7. The molecule has 0 aliphatic carbocycles. The fraction of sp³-hybridized carbons (Fsp3) is 0. The van der Waals surface area contributed by atoms with Crippen LogP contribution in [0.5, 0.6) is 0 Å². The first-order valence-corrected chi connectivity index (χ1v) is 1.58. The summed E-state index contributed by atoms with van der Waals surface area (Å²) in [5, 5.41) is 7.72. The molecule has 0 spiro atoms. The van der Waals surface area contributed by atoms with Crippen molar-refractivity contribution in [3.63, 3.8) is 0 Å². The molecule has 6 nitrogen and oxygen atoms in total. The van der Waals surface area contributed by atoms with Crippen LogP contribution >= 0.6 is 0 Å². The molecule has 0 bridgehead atoms. The van der Waals surface area contributed by atoms with Gasteiger partial charge < -0.3 is 15.7 Å². The average molecular weight is 120 g/mol. The second-order valence-corrected chi connectivity index (χ2v) is 0.828. The third-order valence-electron chi connectivity index (χ3n) is 0.239. The van der Waals surface area contributed by atoms with Gasteiger partial charge in [0.05, 0.1) is 0 Å². The van der Waals surface area contributed by atoms with Crippen molar-refractivity contribution in [2.75, 3.05) is 0 Å². The number of hydroxylamine groups is 1. The molecule has 0 aromatic carbocycles. The van der Waals surface area contributed by atoms with E-state index in [-0.39, 0.29) is 0 Å². The smallest absolute Gasteiger partial charge is 0.438 e. The van der Waals surface area contributed by atoms with Gasteiger partial charge in [0.1, 0.15) is 0 Å². The molecule has 0 aromatic heterocycles. The molecule has 6 heteroatoms. The van der Waals surface area contributed by atoms with Crippen LogP contribution in [-0.4, -0.2) is 17.3 Å². The highest BCUT2D eigenvalue weighted by Crippen LogP contribution is 1.63. The number of primary amides is 1. The van der Waals surface area contributed by atoms with E-state index in [2.05, 4.69) is 10.6 Å². The van der Waals surface area contributed by atoms with Gasteiger partial charge in [-0.15, -0.1) is 5.48 Å². The summed E-state index contributed by atoms with van der Waals surface area (Å²) in [6.07, 6.45) is -2.66. The van der Waals surface area contributed by atoms with Gasteiger partial charge in [0.25, 0.3) is 0 Å². The van der Waals surface area contributed by atoms with Gasteiger partial charge in [0, 0.05) is 0 Å². The number of amides is 2. The molecule has 0 heterocycles. The molecule has 46 valence electrons. The largest absolute Gasteiger partial charge is 0.463 e. The first kappa shape index (κ1) is 6.54. The van der Waals surface area contributed by atoms with Gasteiger partial charge in [-0.3, -0.25) is 0 Å². The molecule has 0 aliphatic rings. The van der Waals surface area contributed by atoms with Crippen LogP contribution in [0, 0.1) is 0 Å². The quantitative estimate of drug-likeness (QED) is 0.366. The summed E-state index contributed by atoms with van der Waals surface area (Å²) < 4.78 is 0. The van der Waals surface area contributed by atoms with E-state index in [1.54, 1.807) is 0 Å². The van der Waals surface area contributed by atoms with E-state index in [4.69, 9.17) is 5.11 Å². The standard InChI is InChI=1S/C2H4N2O4/c3-1(5)8-4-2(6)7/h4H,(H2,3,5)(H,6,7). The Labute approximate surface area is 44.2 Å². The minimum Gasteiger partial charge on any atom is -0.463 e. The van der Waals surface area contributed by atoms with Gasteiger partial charge in [-0.25, -0.2) is 9.59 Å². The predicted octanol–water partition coefficient (Wildman–Crippen LogP) is -0.736. The van der Waals surface area contributed by atoms with Crippen LogP contribution in [0.2, 0.25) is 0 Å². The Morgan fingerprint density at radius 1 is 1.62 bits per heavy atom. The van der Waals surface area contributed by atoms with Crippen molar-refractivity contribution in [3.05, 3.63) is 0 Å². The third-order valence-corrected chi connectivity index (χ3v) is 0.239. The van der Waals surface area contributed by atoms with E-state index in [9.17, 15) is 9.59 Å². The Hall–Kier alpha value is -1.46. The number of nitrogens with two attached hydrogens (primary N) is 1. The van der Waals surface area contributed by atoms with Crippen molar-refractivity contribution >= 4 is 12.2 Å². The van der Waals surface area contributed by atoms with Crippen LogP contribution in [0.25, 0.3) is 0 Å². The zero-order chi connectivity index (χ0) is 6.57. The second kappa shape index (κ2) is 2.67. The molecular weight excluding hydrogens is 116 g/mol. The van der Waals surface area contributed by atoms with Crippen molar-refractivity contribution in [2.45, 2.75) is 0 Å². The van der Waals surface area contributed by atoms with Crippen LogP contribution < -0.4 is 11.2 Å². The molecule has 4 N–H and O–H groups in total. The van der Waals surface area contributed by atoms with Crippen molar-refractivity contribution in [1.29, 1.82) is 0 Å². The Morgan fingerprint density at radius 2 is 2.12 bits per heavy atom. The molecular formula is C2H4N2O4. The summed E-state index contributed by atoms with van der Waals surface area (Å²) in [5.74, 6) is 0. The summed E-state index contributed by atoms with van der Waals surface area (Å²) in [7, 11) is 0. The maximum absolute atomic E-state index is 9.58. The minimum atomic E-state index is -1.47. The summed E-state index contributed by atoms with van der Waals surface area (Å²) in [6, 6.07) is 0. The highest BCUT2D eigenvalue weighted by molar-refractivity contribution is 5.69. The maximum Gasteiger partial charge on any atom is 0.438 e. The van der Waals surface area contributed by atoms with Gasteiger partial charge in [-0.05, 0) is 0 Å². The molecule has 8 heavy (non-hydrogen) atoms. The summed E-state index contributed by atoms with van der Waals surface area (Å²) in [6.45, 7) is 0. The van der Waals surface area contributed by atoms with Crippen LogP contribution in [0.4, 0.5) is 9.59 Å². The van der Waals surface area contributed by atoms with Gasteiger partial charge >= 0.3 is 12.2 Å². The molecule has 0 saturated carbocycles. The Morgan fingerprint density at radius 3 is 2.25 bits per heavy atom. The lowest BCUT2D eigenvalue weighted by Crippen LogP contribution is -2.28. The summed E-state index contributed by atoms with van der Waals surface area (Å²) >= 11 is 0. The molecule has 0 atom stereocenters. The molecule has 0 fully saturated rings. The normalized spacial score (nSPS) is 7.50. The molecule has 0 saturated heterocycles. The fourth-order valence-corrected chi connectivity index (χ4v) is 0.0940. The number of nitrogens with one attached hydrogen (secondary N) is 1. The van der Waals surface area contributed by atoms with Gasteiger partial charge in [-0.1, -0.05) is 0 Å². The van der Waals surface area contributed by atoms with Crippen LogP contribution in [0.15, 0.2) is 0 Å². The van der Waals surface area contributed by atoms with Crippen molar-refractivity contribution in [3.8, 4) is 0 Å². The lowest BCUT2D eigenvalue weighted by atomic mass is 11.2. The monoisotopic (exact) mass is 120 g/mol. The molecule has 2 amide bonds. The highest BCUT2D eigenvalue weighted by Gasteiger charge is 1.95. The Bertz CT molecular complexity index is 96.6. The predicted molar refractivity (Wildman–Crippen MR) is 21.8 cm³/mol. The van der Waals surface area contributed by atoms with E-state index >= 15 is 0 Å². The summed E-state index contributed by atoms with van der Waals surface area (Å²) in [5.41, 5.74) is 5.64. The molecule has 0 aliphatic heterocycles. The summed E-state index contributed by atoms with van der Waals surface area (Å²) in [4.78, 5) is 22.6. The first-order valence-electron chi connectivity index (χ1n) is 1.58. The lowest BCUT2D eigenvalue weighted by molar-refractivity contribution is 0.0876. The van der Waals surface area contributed by atoms with Crippen LogP contribution in [0.1, 0.15) is 0 Å². The zero-order valence-corrected chi connectivity index (χ0v) is 3.75. The van der Waals surface area contributed by atoms with Crippen molar-refractivity contribution in [1.82, 2.24) is 5.48 Å². The topological polar surface area (TPSA) is 102 Å². The minimum absolute atomic E-state index is 1.19. The van der Waals surface area contributed by atoms with Crippen LogP contribution in [-0.2, 0) is 4.84 Å². The Kier molecular flexibility index (Phi) is 2.18. The number of rotatable bonds is 0. The molecule has 0 unspecified atom stereocenters. The lowest BCUT2D eigenvalue weighted by Gasteiger charge is -1.94. The number of hydrogen-bond acceptors (Lipinski definition) is 3. The number of carbonyl (C=O) groups excluding carboxylic acids is 1. The second-order valence-electron chi connectivity index (χ2n) is 0.828. The van der Waals surface area contributed by atoms with Crippen LogP contribution in [0.3, 0.4) is 0 Å². The molecule has 0 aromatic rings. The zero-order valence-electron chi connectivity index (χ0n) is 3.75. The van der Waals surface area contributed by atoms with E-state index in [1.165, 1.54) is 5.48 Å². The SMILES string of the molecule is NC(=O)ONC(=O)O. The maximum atomic E-state index is 9.58. The van der Waals surface area contributed by atoms with Crippen molar-refractivity contribution < 1.29 is 19.5 Å². The van der Waals surface area contributed by atoms with E-state index in [0.29, 0.717) is 0 Å². The first-order chi connectivity index (χ1) is 3.63. The number of hydrogen-bond donors (Lipinski definition) is 3. The van der Waals surface area contributed by atoms with E-state index in [1.807, 2.05) is 0 Å². The van der Waals surface area contributed by atoms with E-state index < -0.39 is 12.2 Å². The van der Waals surface area contributed by atoms with E-state index in [0.717, 1.165) is 0 Å². The van der Waals surface area contributed by atoms with Gasteiger partial charge in [-0.2, -0.15) is 0 Å². The molecule has 0 rings (SSSR count). The van der Waals surface area contributed by atoms with Gasteiger partial charge in [0.15, 0.2) is 0 Å². The fourth-order valence-electron chi connectivity index (χ4n) is 0.0940. The van der Waals surface area contributed by atoms with Gasteiger partial charge in [0.2, 0.25) is 0 Å². The number of carbonyl (C=O) groups is 2.